The summed E-state index contributed by atoms with van der Waals surface area (Å²) in [6, 6.07) is 9.64. The molecule has 0 spiro atoms. The van der Waals surface area contributed by atoms with Crippen LogP contribution in [0.15, 0.2) is 42.5 Å². The Labute approximate surface area is 113 Å². The van der Waals surface area contributed by atoms with Crippen LogP contribution < -0.4 is 5.73 Å². The summed E-state index contributed by atoms with van der Waals surface area (Å²) in [4.78, 5) is 0. The maximum Gasteiger partial charge on any atom is 0.416 e. The Balaban J connectivity index is 2.74. The molecule has 4 N–H and O–H groups in total. The number of phenolic OH excluding ortho intramolecular Hbond substituents is 1. The van der Waals surface area contributed by atoms with Gasteiger partial charge in [-0.2, -0.15) is 13.2 Å². The molecule has 20 heavy (non-hydrogen) atoms. The van der Waals surface area contributed by atoms with Crippen LogP contribution in [0.4, 0.5) is 13.2 Å². The highest BCUT2D eigenvalue weighted by Crippen LogP contribution is 2.39. The van der Waals surface area contributed by atoms with Gasteiger partial charge in [-0.1, -0.05) is 30.3 Å². The van der Waals surface area contributed by atoms with Gasteiger partial charge in [-0.05, 0) is 17.7 Å². The molecule has 104 valence electrons. The van der Waals surface area contributed by atoms with E-state index in [-0.39, 0.29) is 11.1 Å². The highest BCUT2D eigenvalue weighted by Gasteiger charge is 2.32. The molecule has 6 heteroatoms. The monoisotopic (exact) mass is 280 g/mol. The van der Waals surface area contributed by atoms with Gasteiger partial charge in [-0.15, -0.1) is 0 Å². The molecule has 0 fully saturated rings. The van der Waals surface area contributed by atoms with Crippen LogP contribution in [0.25, 0.3) is 11.1 Å². The van der Waals surface area contributed by atoms with Gasteiger partial charge in [0.2, 0.25) is 0 Å². The summed E-state index contributed by atoms with van der Waals surface area (Å²) >= 11 is 0. The Hall–Kier alpha value is -2.50. The Bertz CT molecular complexity index is 651. The van der Waals surface area contributed by atoms with Crippen molar-refractivity contribution in [2.45, 2.75) is 6.18 Å². The number of halogens is 3. The average Bonchev–Trinajstić information content (AvgIpc) is 2.38. The van der Waals surface area contributed by atoms with Crippen molar-refractivity contribution in [1.29, 1.82) is 5.41 Å². The standard InChI is InChI=1S/C14H11F3N2O/c15-14(16,17)9-6-10(8-4-2-1-3-5-8)12(20)11(7-9)13(18)19/h1-7,20H,(H3,18,19). The molecule has 0 bridgehead atoms. The van der Waals surface area contributed by atoms with Crippen LogP contribution in [-0.2, 0) is 6.18 Å². The summed E-state index contributed by atoms with van der Waals surface area (Å²) in [7, 11) is 0. The van der Waals surface area contributed by atoms with Crippen LogP contribution in [0.1, 0.15) is 11.1 Å². The summed E-state index contributed by atoms with van der Waals surface area (Å²) in [6.07, 6.45) is -4.58. The molecule has 2 rings (SSSR count). The summed E-state index contributed by atoms with van der Waals surface area (Å²) in [6.45, 7) is 0. The topological polar surface area (TPSA) is 70.1 Å². The first-order valence-electron chi connectivity index (χ1n) is 5.64. The van der Waals surface area contributed by atoms with Gasteiger partial charge in [-0.25, -0.2) is 0 Å². The maximum absolute atomic E-state index is 12.9. The zero-order valence-corrected chi connectivity index (χ0v) is 10.2. The maximum atomic E-state index is 12.9. The lowest BCUT2D eigenvalue weighted by atomic mass is 9.97. The molecule has 0 aliphatic carbocycles. The highest BCUT2D eigenvalue weighted by atomic mass is 19.4. The van der Waals surface area contributed by atoms with Crippen molar-refractivity contribution in [2.24, 2.45) is 5.73 Å². The molecule has 0 amide bonds. The number of nitrogens with one attached hydrogen (secondary N) is 1. The van der Waals surface area contributed by atoms with E-state index in [1.807, 2.05) is 0 Å². The predicted octanol–water partition coefficient (Wildman–Crippen LogP) is 3.36. The number of alkyl halides is 3. The van der Waals surface area contributed by atoms with Crippen LogP contribution in [0.5, 0.6) is 5.75 Å². The fraction of sp³-hybridized carbons (Fsp3) is 0.0714. The van der Waals surface area contributed by atoms with Crippen molar-refractivity contribution in [3.63, 3.8) is 0 Å². The SMILES string of the molecule is N=C(N)c1cc(C(F)(F)F)cc(-c2ccccc2)c1O. The zero-order valence-electron chi connectivity index (χ0n) is 10.2. The van der Waals surface area contributed by atoms with E-state index >= 15 is 0 Å². The first-order valence-corrected chi connectivity index (χ1v) is 5.64. The van der Waals surface area contributed by atoms with E-state index in [1.165, 1.54) is 0 Å². The predicted molar refractivity (Wildman–Crippen MR) is 69.6 cm³/mol. The fourth-order valence-corrected chi connectivity index (χ4v) is 1.84. The molecule has 0 aliphatic heterocycles. The molecular weight excluding hydrogens is 269 g/mol. The molecule has 0 saturated heterocycles. The van der Waals surface area contributed by atoms with Gasteiger partial charge in [0.25, 0.3) is 0 Å². The molecule has 0 aromatic heterocycles. The van der Waals surface area contributed by atoms with E-state index in [2.05, 4.69) is 0 Å². The van der Waals surface area contributed by atoms with E-state index in [0.717, 1.165) is 6.07 Å². The number of rotatable bonds is 2. The minimum absolute atomic E-state index is 0.00868. The third kappa shape index (κ3) is 2.59. The number of aromatic hydroxyl groups is 1. The lowest BCUT2D eigenvalue weighted by Gasteiger charge is -2.14. The van der Waals surface area contributed by atoms with Gasteiger partial charge < -0.3 is 10.8 Å². The summed E-state index contributed by atoms with van der Waals surface area (Å²) < 4.78 is 38.6. The van der Waals surface area contributed by atoms with Gasteiger partial charge in [0, 0.05) is 5.56 Å². The molecular formula is C14H11F3N2O. The molecule has 0 saturated carbocycles. The average molecular weight is 280 g/mol. The fourth-order valence-electron chi connectivity index (χ4n) is 1.84. The number of amidine groups is 1. The first-order chi connectivity index (χ1) is 9.30. The van der Waals surface area contributed by atoms with Crippen LogP contribution in [-0.4, -0.2) is 10.9 Å². The second kappa shape index (κ2) is 4.88. The molecule has 0 aliphatic rings. The second-order valence-electron chi connectivity index (χ2n) is 4.20. The summed E-state index contributed by atoms with van der Waals surface area (Å²) in [5.74, 6) is -1.05. The number of hydrogen-bond acceptors (Lipinski definition) is 2. The number of nitrogen functional groups attached to an aromatic ring is 1. The minimum Gasteiger partial charge on any atom is -0.507 e. The smallest absolute Gasteiger partial charge is 0.416 e. The van der Waals surface area contributed by atoms with Crippen LogP contribution in [0, 0.1) is 5.41 Å². The van der Waals surface area contributed by atoms with E-state index < -0.39 is 23.3 Å². The highest BCUT2D eigenvalue weighted by molar-refractivity contribution is 6.00. The lowest BCUT2D eigenvalue weighted by Crippen LogP contribution is -2.14. The molecule has 0 atom stereocenters. The number of hydrogen-bond donors (Lipinski definition) is 3. The number of phenols is 1. The van der Waals surface area contributed by atoms with E-state index in [9.17, 15) is 18.3 Å². The van der Waals surface area contributed by atoms with Crippen LogP contribution in [0.2, 0.25) is 0 Å². The Morgan fingerprint density at radius 2 is 1.70 bits per heavy atom. The van der Waals surface area contributed by atoms with Gasteiger partial charge in [-0.3, -0.25) is 5.41 Å². The lowest BCUT2D eigenvalue weighted by molar-refractivity contribution is -0.137. The Kier molecular flexibility index (Phi) is 3.40. The van der Waals surface area contributed by atoms with E-state index in [0.29, 0.717) is 11.6 Å². The normalized spacial score (nSPS) is 11.3. The quantitative estimate of drug-likeness (QED) is 0.583. The summed E-state index contributed by atoms with van der Waals surface area (Å²) in [5.41, 5.74) is 4.34. The number of benzene rings is 2. The number of nitrogens with two attached hydrogens (primary N) is 1. The van der Waals surface area contributed by atoms with Crippen molar-refractivity contribution in [3.8, 4) is 16.9 Å². The van der Waals surface area contributed by atoms with Crippen molar-refractivity contribution in [1.82, 2.24) is 0 Å². The Morgan fingerprint density at radius 1 is 1.10 bits per heavy atom. The van der Waals surface area contributed by atoms with Gasteiger partial charge in [0.05, 0.1) is 11.1 Å². The summed E-state index contributed by atoms with van der Waals surface area (Å²) in [5, 5.41) is 17.3. The van der Waals surface area contributed by atoms with Crippen molar-refractivity contribution in [3.05, 3.63) is 53.6 Å². The largest absolute Gasteiger partial charge is 0.507 e. The zero-order chi connectivity index (χ0) is 14.9. The second-order valence-corrected chi connectivity index (χ2v) is 4.20. The van der Waals surface area contributed by atoms with Crippen molar-refractivity contribution < 1.29 is 18.3 Å². The van der Waals surface area contributed by atoms with Gasteiger partial charge >= 0.3 is 6.18 Å². The molecule has 2 aromatic rings. The van der Waals surface area contributed by atoms with Crippen LogP contribution in [0.3, 0.4) is 0 Å². The van der Waals surface area contributed by atoms with E-state index in [4.69, 9.17) is 11.1 Å². The third-order valence-electron chi connectivity index (χ3n) is 2.81. The van der Waals surface area contributed by atoms with Crippen LogP contribution >= 0.6 is 0 Å². The van der Waals surface area contributed by atoms with Gasteiger partial charge in [0.1, 0.15) is 11.6 Å². The Morgan fingerprint density at radius 3 is 2.20 bits per heavy atom. The first kappa shape index (κ1) is 13.9. The molecule has 3 nitrogen and oxygen atoms in total. The van der Waals surface area contributed by atoms with E-state index in [1.54, 1.807) is 30.3 Å². The third-order valence-corrected chi connectivity index (χ3v) is 2.81. The molecule has 0 unspecified atom stereocenters. The minimum atomic E-state index is -4.58. The van der Waals surface area contributed by atoms with Crippen molar-refractivity contribution >= 4 is 5.84 Å². The van der Waals surface area contributed by atoms with Crippen molar-refractivity contribution in [2.75, 3.05) is 0 Å². The molecule has 0 heterocycles. The van der Waals surface area contributed by atoms with Gasteiger partial charge in [0.15, 0.2) is 0 Å². The molecule has 0 radical (unpaired) electrons. The molecule has 2 aromatic carbocycles.